The second-order valence-electron chi connectivity index (χ2n) is 7.83. The van der Waals surface area contributed by atoms with Gasteiger partial charge in [-0.3, -0.25) is 9.36 Å². The Morgan fingerprint density at radius 2 is 1.73 bits per heavy atom. The second-order valence-corrected chi connectivity index (χ2v) is 7.83. The van der Waals surface area contributed by atoms with Gasteiger partial charge >= 0.3 is 0 Å². The van der Waals surface area contributed by atoms with Crippen LogP contribution < -0.4 is 5.56 Å². The minimum atomic E-state index is -0.201. The van der Waals surface area contributed by atoms with Crippen molar-refractivity contribution in [2.45, 2.75) is 6.42 Å². The maximum atomic E-state index is 13.6. The molecule has 0 saturated heterocycles. The number of nitrogens with one attached hydrogen (secondary N) is 1. The van der Waals surface area contributed by atoms with Crippen LogP contribution in [0.5, 0.6) is 0 Å². The van der Waals surface area contributed by atoms with Crippen LogP contribution in [0.2, 0.25) is 0 Å². The first kappa shape index (κ1) is 19.1. The van der Waals surface area contributed by atoms with Gasteiger partial charge in [0, 0.05) is 18.6 Å². The quantitative estimate of drug-likeness (QED) is 0.432. The number of nitrogens with zero attached hydrogens (tertiary/aromatic N) is 4. The number of hydrogen-bond acceptors (Lipinski definition) is 4. The van der Waals surface area contributed by atoms with Crippen molar-refractivity contribution in [3.8, 4) is 16.8 Å². The van der Waals surface area contributed by atoms with Gasteiger partial charge in [-0.2, -0.15) is 0 Å². The Kier molecular flexibility index (Phi) is 4.54. The van der Waals surface area contributed by atoms with Crippen LogP contribution in [-0.2, 0) is 6.42 Å². The number of aromatic nitrogens is 5. The average molecular weight is 429 g/mol. The van der Waals surface area contributed by atoms with Crippen molar-refractivity contribution >= 4 is 21.9 Å². The van der Waals surface area contributed by atoms with Gasteiger partial charge in [-0.1, -0.05) is 54.6 Å². The third kappa shape index (κ3) is 3.38. The van der Waals surface area contributed by atoms with Crippen molar-refractivity contribution in [1.29, 1.82) is 0 Å². The first-order valence-corrected chi connectivity index (χ1v) is 10.7. The standard InChI is InChI=1S/C27H19N5O/c33-27-24(17-25-28-14-15-29-25)31-23-12-5-13-30-26(23)32(27)20-9-3-8-19(16-20)22-11-4-7-18-6-1-2-10-21(18)22/h1-16H,17H2,(H,28,29). The molecule has 3 heterocycles. The van der Waals surface area contributed by atoms with Gasteiger partial charge < -0.3 is 4.98 Å². The number of fused-ring (bicyclic) bond motifs is 2. The lowest BCUT2D eigenvalue weighted by Crippen LogP contribution is -2.25. The molecule has 0 fully saturated rings. The molecule has 0 spiro atoms. The normalized spacial score (nSPS) is 11.3. The zero-order valence-electron chi connectivity index (χ0n) is 17.6. The van der Waals surface area contributed by atoms with Crippen LogP contribution in [0.15, 0.2) is 102 Å². The predicted octanol–water partition coefficient (Wildman–Crippen LogP) is 4.91. The molecule has 0 aliphatic heterocycles. The molecule has 6 nitrogen and oxygen atoms in total. The molecule has 3 aromatic heterocycles. The molecule has 0 bridgehead atoms. The number of hydrogen-bond donors (Lipinski definition) is 1. The summed E-state index contributed by atoms with van der Waals surface area (Å²) in [5.41, 5.74) is 4.30. The van der Waals surface area contributed by atoms with Crippen molar-refractivity contribution in [3.63, 3.8) is 0 Å². The molecule has 33 heavy (non-hydrogen) atoms. The van der Waals surface area contributed by atoms with Crippen LogP contribution in [0.1, 0.15) is 11.5 Å². The van der Waals surface area contributed by atoms with E-state index in [0.29, 0.717) is 29.1 Å². The highest BCUT2D eigenvalue weighted by atomic mass is 16.1. The monoisotopic (exact) mass is 429 g/mol. The van der Waals surface area contributed by atoms with E-state index in [2.05, 4.69) is 56.3 Å². The first-order valence-electron chi connectivity index (χ1n) is 10.7. The number of H-pyrrole nitrogens is 1. The van der Waals surface area contributed by atoms with Gasteiger partial charge in [0.15, 0.2) is 5.65 Å². The van der Waals surface area contributed by atoms with Gasteiger partial charge in [0.25, 0.3) is 5.56 Å². The van der Waals surface area contributed by atoms with Gasteiger partial charge in [0.2, 0.25) is 0 Å². The zero-order valence-corrected chi connectivity index (χ0v) is 17.6. The first-order chi connectivity index (χ1) is 16.3. The molecular weight excluding hydrogens is 410 g/mol. The summed E-state index contributed by atoms with van der Waals surface area (Å²) in [6, 6.07) is 26.3. The molecule has 6 heteroatoms. The average Bonchev–Trinajstić information content (AvgIpc) is 3.37. The molecule has 158 valence electrons. The summed E-state index contributed by atoms with van der Waals surface area (Å²) in [5.74, 6) is 0.693. The van der Waals surface area contributed by atoms with Crippen LogP contribution >= 0.6 is 0 Å². The molecule has 0 aliphatic rings. The molecule has 1 N–H and O–H groups in total. The maximum Gasteiger partial charge on any atom is 0.278 e. The Morgan fingerprint density at radius 3 is 2.64 bits per heavy atom. The fourth-order valence-electron chi connectivity index (χ4n) is 4.26. The highest BCUT2D eigenvalue weighted by Crippen LogP contribution is 2.30. The lowest BCUT2D eigenvalue weighted by molar-refractivity contribution is 0.899. The molecule has 0 radical (unpaired) electrons. The molecule has 6 rings (SSSR count). The van der Waals surface area contributed by atoms with E-state index in [-0.39, 0.29) is 5.56 Å². The maximum absolute atomic E-state index is 13.6. The highest BCUT2D eigenvalue weighted by molar-refractivity contribution is 5.96. The number of aromatic amines is 1. The van der Waals surface area contributed by atoms with Crippen molar-refractivity contribution < 1.29 is 0 Å². The van der Waals surface area contributed by atoms with Gasteiger partial charge in [-0.15, -0.1) is 0 Å². The summed E-state index contributed by atoms with van der Waals surface area (Å²) in [5, 5.41) is 2.34. The van der Waals surface area contributed by atoms with E-state index in [4.69, 9.17) is 0 Å². The Morgan fingerprint density at radius 1 is 0.848 bits per heavy atom. The largest absolute Gasteiger partial charge is 0.348 e. The third-order valence-corrected chi connectivity index (χ3v) is 5.78. The smallest absolute Gasteiger partial charge is 0.278 e. The summed E-state index contributed by atoms with van der Waals surface area (Å²) in [6.45, 7) is 0. The number of pyridine rings is 1. The summed E-state index contributed by atoms with van der Waals surface area (Å²) in [4.78, 5) is 30.0. The third-order valence-electron chi connectivity index (χ3n) is 5.78. The van der Waals surface area contributed by atoms with E-state index in [0.717, 1.165) is 16.8 Å². The Balaban J connectivity index is 1.57. The Bertz CT molecular complexity index is 1660. The molecular formula is C27H19N5O. The second kappa shape index (κ2) is 7.84. The Labute approximate surface area is 189 Å². The summed E-state index contributed by atoms with van der Waals surface area (Å²) < 4.78 is 1.65. The highest BCUT2D eigenvalue weighted by Gasteiger charge is 2.15. The number of benzene rings is 3. The van der Waals surface area contributed by atoms with Gasteiger partial charge in [-0.05, 0) is 46.2 Å². The number of rotatable bonds is 4. The molecule has 0 unspecified atom stereocenters. The minimum Gasteiger partial charge on any atom is -0.348 e. The van der Waals surface area contributed by atoms with Gasteiger partial charge in [0.1, 0.15) is 17.0 Å². The van der Waals surface area contributed by atoms with Gasteiger partial charge in [0.05, 0.1) is 12.1 Å². The van der Waals surface area contributed by atoms with E-state index >= 15 is 0 Å². The molecule has 0 amide bonds. The van der Waals surface area contributed by atoms with E-state index in [1.807, 2.05) is 42.5 Å². The van der Waals surface area contributed by atoms with Crippen LogP contribution in [0.3, 0.4) is 0 Å². The SMILES string of the molecule is O=c1c(Cc2ncc[nH]2)nc2cccnc2n1-c1cccc(-c2cccc3ccccc23)c1. The summed E-state index contributed by atoms with van der Waals surface area (Å²) in [7, 11) is 0. The fourth-order valence-corrected chi connectivity index (χ4v) is 4.26. The fraction of sp³-hybridized carbons (Fsp3) is 0.0370. The molecule has 6 aromatic rings. The van der Waals surface area contributed by atoms with Crippen molar-refractivity contribution in [3.05, 3.63) is 119 Å². The topological polar surface area (TPSA) is 76.5 Å². The van der Waals surface area contributed by atoms with Crippen LogP contribution in [0.25, 0.3) is 38.8 Å². The van der Waals surface area contributed by atoms with Crippen molar-refractivity contribution in [1.82, 2.24) is 24.5 Å². The summed E-state index contributed by atoms with van der Waals surface area (Å²) in [6.07, 6.45) is 5.41. The molecule has 3 aromatic carbocycles. The lowest BCUT2D eigenvalue weighted by atomic mass is 9.98. The Hall–Kier alpha value is -4.58. The molecule has 0 atom stereocenters. The van der Waals surface area contributed by atoms with E-state index in [1.165, 1.54) is 10.8 Å². The van der Waals surface area contributed by atoms with Crippen LogP contribution in [0, 0.1) is 0 Å². The van der Waals surface area contributed by atoms with E-state index in [9.17, 15) is 4.79 Å². The van der Waals surface area contributed by atoms with Gasteiger partial charge in [-0.25, -0.2) is 15.0 Å². The lowest BCUT2D eigenvalue weighted by Gasteiger charge is -2.13. The molecule has 0 aliphatic carbocycles. The van der Waals surface area contributed by atoms with Crippen molar-refractivity contribution in [2.75, 3.05) is 0 Å². The predicted molar refractivity (Wildman–Crippen MR) is 129 cm³/mol. The number of imidazole rings is 1. The van der Waals surface area contributed by atoms with Crippen LogP contribution in [0.4, 0.5) is 0 Å². The van der Waals surface area contributed by atoms with E-state index < -0.39 is 0 Å². The molecule has 0 saturated carbocycles. The van der Waals surface area contributed by atoms with Crippen molar-refractivity contribution in [2.24, 2.45) is 0 Å². The van der Waals surface area contributed by atoms with E-state index in [1.54, 1.807) is 23.2 Å². The summed E-state index contributed by atoms with van der Waals surface area (Å²) >= 11 is 0. The zero-order chi connectivity index (χ0) is 22.2. The minimum absolute atomic E-state index is 0.201. The van der Waals surface area contributed by atoms with Crippen LogP contribution in [-0.4, -0.2) is 24.5 Å².